The van der Waals surface area contributed by atoms with Gasteiger partial charge in [-0.15, -0.1) is 5.10 Å². The molecule has 0 radical (unpaired) electrons. The number of hydrogen-bond acceptors (Lipinski definition) is 4. The average molecular weight is 512 g/mol. The van der Waals surface area contributed by atoms with Crippen LogP contribution in [0.1, 0.15) is 63.9 Å². The van der Waals surface area contributed by atoms with Gasteiger partial charge in [0.2, 0.25) is 11.8 Å². The van der Waals surface area contributed by atoms with E-state index < -0.39 is 5.41 Å². The zero-order valence-corrected chi connectivity index (χ0v) is 21.8. The molecule has 2 atom stereocenters. The first-order chi connectivity index (χ1) is 16.6. The number of hydrogen-bond donors (Lipinski definition) is 0. The second kappa shape index (κ2) is 8.35. The van der Waals surface area contributed by atoms with Crippen LogP contribution in [0, 0.1) is 0 Å². The lowest BCUT2D eigenvalue weighted by Gasteiger charge is -2.39. The zero-order chi connectivity index (χ0) is 25.2. The minimum atomic E-state index is -1.28. The molecule has 5 rings (SSSR count). The lowest BCUT2D eigenvalue weighted by Crippen LogP contribution is -2.53. The van der Waals surface area contributed by atoms with Crippen LogP contribution in [0.3, 0.4) is 0 Å². The van der Waals surface area contributed by atoms with Crippen molar-refractivity contribution in [1.29, 1.82) is 0 Å². The van der Waals surface area contributed by atoms with E-state index in [-0.39, 0.29) is 36.4 Å². The fourth-order valence-corrected chi connectivity index (χ4v) is 5.68. The molecule has 2 aliphatic heterocycles. The monoisotopic (exact) mass is 511 g/mol. The molecule has 1 aromatic heterocycles. The molecule has 0 saturated heterocycles. The molecule has 0 saturated carbocycles. The van der Waals surface area contributed by atoms with Gasteiger partial charge in [0.05, 0.1) is 12.5 Å². The van der Waals surface area contributed by atoms with E-state index in [1.54, 1.807) is 26.6 Å². The second-order valence-electron chi connectivity index (χ2n) is 9.80. The summed E-state index contributed by atoms with van der Waals surface area (Å²) in [5.74, 6) is 0.224. The van der Waals surface area contributed by atoms with Gasteiger partial charge < -0.3 is 4.90 Å². The van der Waals surface area contributed by atoms with Crippen molar-refractivity contribution in [2.24, 2.45) is 0 Å². The fraction of sp³-hybridized carbons (Fsp3) is 0.385. The smallest absolute Gasteiger partial charge is 0.244 e. The van der Waals surface area contributed by atoms with Crippen molar-refractivity contribution in [1.82, 2.24) is 15.0 Å². The summed E-state index contributed by atoms with van der Waals surface area (Å²) in [6.07, 6.45) is -0.0262. The topological polar surface area (TPSA) is 71.3 Å². The van der Waals surface area contributed by atoms with Crippen molar-refractivity contribution < 1.29 is 9.59 Å². The summed E-state index contributed by atoms with van der Waals surface area (Å²) in [4.78, 5) is 31.4. The molecule has 35 heavy (non-hydrogen) atoms. The highest BCUT2D eigenvalue weighted by atomic mass is 35.5. The number of aromatic nitrogens is 3. The minimum Gasteiger partial charge on any atom is -0.308 e. The highest BCUT2D eigenvalue weighted by Gasteiger charge is 2.60. The van der Waals surface area contributed by atoms with Gasteiger partial charge in [-0.2, -0.15) is 0 Å². The van der Waals surface area contributed by atoms with Gasteiger partial charge in [0.1, 0.15) is 11.1 Å². The molecule has 182 valence electrons. The van der Waals surface area contributed by atoms with Crippen LogP contribution >= 0.6 is 23.2 Å². The van der Waals surface area contributed by atoms with Gasteiger partial charge in [0.25, 0.3) is 0 Å². The van der Waals surface area contributed by atoms with Crippen LogP contribution in [-0.4, -0.2) is 38.9 Å². The third-order valence-electron chi connectivity index (χ3n) is 7.00. The Labute approximate surface area is 214 Å². The highest BCUT2D eigenvalue weighted by Crippen LogP contribution is 2.54. The summed E-state index contributed by atoms with van der Waals surface area (Å²) in [5.41, 5.74) is 1.63. The Hall–Kier alpha value is -2.90. The number of nitrogens with zero attached hydrogens (tertiary/aromatic N) is 5. The Bertz CT molecular complexity index is 1330. The molecule has 9 heteroatoms. The molecule has 2 amide bonds. The van der Waals surface area contributed by atoms with E-state index in [2.05, 4.69) is 10.3 Å². The van der Waals surface area contributed by atoms with Crippen molar-refractivity contribution in [3.05, 3.63) is 69.3 Å². The second-order valence-corrected chi connectivity index (χ2v) is 10.7. The Morgan fingerprint density at radius 1 is 0.886 bits per heavy atom. The maximum absolute atomic E-state index is 14.2. The lowest BCUT2D eigenvalue weighted by molar-refractivity contribution is -0.128. The SMILES string of the molecule is CC(C)N1C(=O)[C@]2(CC(=O)N(C(C)C)c3c2nnn3C(C)c2ccc(Cl)cc2)c2cc(Cl)ccc21. The van der Waals surface area contributed by atoms with Gasteiger partial charge in [0.15, 0.2) is 5.82 Å². The molecule has 0 N–H and O–H groups in total. The van der Waals surface area contributed by atoms with Crippen LogP contribution in [0.25, 0.3) is 0 Å². The quantitative estimate of drug-likeness (QED) is 0.471. The summed E-state index contributed by atoms with van der Waals surface area (Å²) < 4.78 is 1.74. The fourth-order valence-electron chi connectivity index (χ4n) is 5.38. The first-order valence-corrected chi connectivity index (χ1v) is 12.5. The van der Waals surface area contributed by atoms with E-state index in [4.69, 9.17) is 23.2 Å². The molecule has 0 bridgehead atoms. The number of rotatable bonds is 4. The molecular weight excluding hydrogens is 485 g/mol. The van der Waals surface area contributed by atoms with Crippen molar-refractivity contribution in [3.8, 4) is 0 Å². The number of carbonyl (C=O) groups is 2. The normalized spacial score (nSPS) is 20.3. The van der Waals surface area contributed by atoms with Crippen LogP contribution in [0.15, 0.2) is 42.5 Å². The lowest BCUT2D eigenvalue weighted by atomic mass is 9.73. The number of amides is 2. The maximum atomic E-state index is 14.2. The van der Waals surface area contributed by atoms with Gasteiger partial charge in [-0.1, -0.05) is 40.5 Å². The number of benzene rings is 2. The molecule has 7 nitrogen and oxygen atoms in total. The minimum absolute atomic E-state index is 0.0262. The number of anilines is 2. The average Bonchev–Trinajstić information content (AvgIpc) is 3.32. The molecule has 2 aliphatic rings. The largest absolute Gasteiger partial charge is 0.308 e. The van der Waals surface area contributed by atoms with Crippen molar-refractivity contribution in [2.75, 3.05) is 9.80 Å². The molecule has 3 aromatic rings. The van der Waals surface area contributed by atoms with Crippen LogP contribution < -0.4 is 9.80 Å². The summed E-state index contributed by atoms with van der Waals surface area (Å²) in [5, 5.41) is 10.3. The van der Waals surface area contributed by atoms with Crippen LogP contribution in [0.2, 0.25) is 10.0 Å². The number of carbonyl (C=O) groups excluding carboxylic acids is 2. The van der Waals surface area contributed by atoms with Gasteiger partial charge in [-0.25, -0.2) is 4.68 Å². The molecular formula is C26H27Cl2N5O2. The van der Waals surface area contributed by atoms with E-state index in [9.17, 15) is 9.59 Å². The van der Waals surface area contributed by atoms with Crippen molar-refractivity contribution in [2.45, 2.75) is 64.6 Å². The van der Waals surface area contributed by atoms with E-state index in [0.717, 1.165) is 11.3 Å². The first kappa shape index (κ1) is 23.8. The van der Waals surface area contributed by atoms with Crippen molar-refractivity contribution in [3.63, 3.8) is 0 Å². The summed E-state index contributed by atoms with van der Waals surface area (Å²) >= 11 is 12.5. The third-order valence-corrected chi connectivity index (χ3v) is 7.49. The molecule has 3 heterocycles. The van der Waals surface area contributed by atoms with E-state index >= 15 is 0 Å². The van der Waals surface area contributed by atoms with Gasteiger partial charge in [0, 0.05) is 27.8 Å². The molecule has 0 fully saturated rings. The standard InChI is InChI=1S/C26H27Cl2N5O2/c1-14(2)31-21-11-10-19(28)12-20(21)26(25(31)35)13-22(34)32(15(3)4)24-23(26)29-30-33(24)16(5)17-6-8-18(27)9-7-17/h6-12,14-16H,13H2,1-5H3/t16?,26-/m1/s1. The molecule has 1 unspecified atom stereocenters. The predicted octanol–water partition coefficient (Wildman–Crippen LogP) is 5.38. The van der Waals surface area contributed by atoms with E-state index in [1.807, 2.05) is 65.0 Å². The van der Waals surface area contributed by atoms with Crippen LogP contribution in [0.4, 0.5) is 11.5 Å². The van der Waals surface area contributed by atoms with E-state index in [0.29, 0.717) is 27.1 Å². The Morgan fingerprint density at radius 3 is 2.14 bits per heavy atom. The highest BCUT2D eigenvalue weighted by molar-refractivity contribution is 6.31. The van der Waals surface area contributed by atoms with Crippen LogP contribution in [-0.2, 0) is 15.0 Å². The summed E-state index contributed by atoms with van der Waals surface area (Å²) in [7, 11) is 0. The Balaban J connectivity index is 1.78. The predicted molar refractivity (Wildman–Crippen MR) is 137 cm³/mol. The maximum Gasteiger partial charge on any atom is 0.244 e. The summed E-state index contributed by atoms with van der Waals surface area (Å²) in [6.45, 7) is 9.81. The zero-order valence-electron chi connectivity index (χ0n) is 20.3. The first-order valence-electron chi connectivity index (χ1n) is 11.7. The summed E-state index contributed by atoms with van der Waals surface area (Å²) in [6, 6.07) is 12.4. The van der Waals surface area contributed by atoms with E-state index in [1.165, 1.54) is 0 Å². The number of halogens is 2. The van der Waals surface area contributed by atoms with Gasteiger partial charge >= 0.3 is 0 Å². The van der Waals surface area contributed by atoms with Gasteiger partial charge in [-0.3, -0.25) is 14.5 Å². The Kier molecular flexibility index (Phi) is 5.68. The molecule has 0 aliphatic carbocycles. The molecule has 2 aromatic carbocycles. The van der Waals surface area contributed by atoms with Crippen LogP contribution in [0.5, 0.6) is 0 Å². The van der Waals surface area contributed by atoms with Crippen molar-refractivity contribution >= 4 is 46.5 Å². The Morgan fingerprint density at radius 2 is 1.51 bits per heavy atom. The molecule has 1 spiro atoms. The third kappa shape index (κ3) is 3.39. The van der Waals surface area contributed by atoms with Gasteiger partial charge in [-0.05, 0) is 76.1 Å². The number of fused-ring (bicyclic) bond motifs is 4.